The molecule has 0 aromatic rings. The molecule has 1 N–H and O–H groups in total. The summed E-state index contributed by atoms with van der Waals surface area (Å²) in [7, 11) is 1.21. The van der Waals surface area contributed by atoms with Crippen LogP contribution in [0.25, 0.3) is 0 Å². The first-order chi connectivity index (χ1) is 5.65. The van der Waals surface area contributed by atoms with Gasteiger partial charge >= 0.3 is 11.9 Å². The zero-order valence-electron chi connectivity index (χ0n) is 6.95. The number of carboxylic acids is 1. The van der Waals surface area contributed by atoms with E-state index in [2.05, 4.69) is 4.74 Å². The summed E-state index contributed by atoms with van der Waals surface area (Å²) in [6, 6.07) is 0. The summed E-state index contributed by atoms with van der Waals surface area (Å²) in [5.41, 5.74) is 0. The maximum absolute atomic E-state index is 10.9. The van der Waals surface area contributed by atoms with Crippen LogP contribution in [0.2, 0.25) is 0 Å². The number of hydrogen-bond acceptors (Lipinski definition) is 3. The maximum Gasteiger partial charge on any atom is 0.320 e. The van der Waals surface area contributed by atoms with Crippen molar-refractivity contribution in [3.05, 3.63) is 0 Å². The van der Waals surface area contributed by atoms with E-state index >= 15 is 0 Å². The van der Waals surface area contributed by atoms with Crippen LogP contribution in [0.3, 0.4) is 0 Å². The SMILES string of the molecule is COC(=O)C(CC1CC1)C(=O)O. The molecule has 1 unspecified atom stereocenters. The highest BCUT2D eigenvalue weighted by molar-refractivity contribution is 5.93. The van der Waals surface area contributed by atoms with Crippen molar-refractivity contribution < 1.29 is 19.4 Å². The lowest BCUT2D eigenvalue weighted by molar-refractivity contribution is -0.157. The molecule has 1 saturated carbocycles. The van der Waals surface area contributed by atoms with Gasteiger partial charge in [0.05, 0.1) is 7.11 Å². The molecule has 4 heteroatoms. The summed E-state index contributed by atoms with van der Waals surface area (Å²) < 4.78 is 4.38. The van der Waals surface area contributed by atoms with Crippen LogP contribution >= 0.6 is 0 Å². The predicted octanol–water partition coefficient (Wildman–Crippen LogP) is 0.660. The monoisotopic (exact) mass is 172 g/mol. The highest BCUT2D eigenvalue weighted by Gasteiger charge is 2.34. The van der Waals surface area contributed by atoms with Crippen molar-refractivity contribution in [1.82, 2.24) is 0 Å². The van der Waals surface area contributed by atoms with Crippen LogP contribution in [0, 0.1) is 11.8 Å². The Morgan fingerprint density at radius 2 is 2.17 bits per heavy atom. The molecule has 12 heavy (non-hydrogen) atoms. The van der Waals surface area contributed by atoms with Crippen LogP contribution in [0.1, 0.15) is 19.3 Å². The van der Waals surface area contributed by atoms with E-state index < -0.39 is 17.9 Å². The van der Waals surface area contributed by atoms with Gasteiger partial charge in [0.1, 0.15) is 0 Å². The summed E-state index contributed by atoms with van der Waals surface area (Å²) in [4.78, 5) is 21.5. The van der Waals surface area contributed by atoms with Crippen molar-refractivity contribution in [3.8, 4) is 0 Å². The fourth-order valence-corrected chi connectivity index (χ4v) is 1.13. The number of esters is 1. The van der Waals surface area contributed by atoms with Gasteiger partial charge in [-0.15, -0.1) is 0 Å². The fraction of sp³-hybridized carbons (Fsp3) is 0.750. The topological polar surface area (TPSA) is 63.6 Å². The zero-order chi connectivity index (χ0) is 9.14. The minimum absolute atomic E-state index is 0.421. The Labute approximate surface area is 70.5 Å². The number of methoxy groups -OCH3 is 1. The van der Waals surface area contributed by atoms with Crippen molar-refractivity contribution in [3.63, 3.8) is 0 Å². The largest absolute Gasteiger partial charge is 0.481 e. The van der Waals surface area contributed by atoms with Gasteiger partial charge in [-0.05, 0) is 12.3 Å². The average Bonchev–Trinajstić information content (AvgIpc) is 2.81. The lowest BCUT2D eigenvalue weighted by atomic mass is 10.0. The van der Waals surface area contributed by atoms with Gasteiger partial charge < -0.3 is 9.84 Å². The Hall–Kier alpha value is -1.06. The van der Waals surface area contributed by atoms with Crippen molar-refractivity contribution in [1.29, 1.82) is 0 Å². The smallest absolute Gasteiger partial charge is 0.320 e. The average molecular weight is 172 g/mol. The third-order valence-corrected chi connectivity index (χ3v) is 2.05. The molecule has 0 saturated heterocycles. The summed E-state index contributed by atoms with van der Waals surface area (Å²) in [5.74, 6) is -2.24. The van der Waals surface area contributed by atoms with E-state index in [1.54, 1.807) is 0 Å². The van der Waals surface area contributed by atoms with E-state index in [1.165, 1.54) is 7.11 Å². The van der Waals surface area contributed by atoms with Crippen molar-refractivity contribution in [2.75, 3.05) is 7.11 Å². The first kappa shape index (κ1) is 9.03. The molecular formula is C8H12O4. The van der Waals surface area contributed by atoms with Crippen LogP contribution in [-0.2, 0) is 14.3 Å². The molecule has 0 aliphatic heterocycles. The molecule has 0 bridgehead atoms. The van der Waals surface area contributed by atoms with Gasteiger partial charge in [-0.1, -0.05) is 12.8 Å². The molecule has 0 aromatic carbocycles. The molecule has 1 aliphatic carbocycles. The molecule has 1 atom stereocenters. The highest BCUT2D eigenvalue weighted by Crippen LogP contribution is 2.35. The standard InChI is InChI=1S/C8H12O4/c1-12-8(11)6(7(9)10)4-5-2-3-5/h5-6H,2-4H2,1H3,(H,9,10). The number of rotatable bonds is 4. The minimum Gasteiger partial charge on any atom is -0.481 e. The number of carbonyl (C=O) groups is 2. The molecule has 0 spiro atoms. The maximum atomic E-state index is 10.9. The number of carboxylic acid groups (broad SMARTS) is 1. The number of carbonyl (C=O) groups excluding carboxylic acids is 1. The quantitative estimate of drug-likeness (QED) is 0.499. The predicted molar refractivity (Wildman–Crippen MR) is 40.5 cm³/mol. The Morgan fingerprint density at radius 3 is 2.50 bits per heavy atom. The minimum atomic E-state index is -1.08. The normalized spacial score (nSPS) is 18.4. The van der Waals surface area contributed by atoms with Gasteiger partial charge in [-0.25, -0.2) is 0 Å². The van der Waals surface area contributed by atoms with Crippen molar-refractivity contribution >= 4 is 11.9 Å². The summed E-state index contributed by atoms with van der Waals surface area (Å²) in [6.45, 7) is 0. The lowest BCUT2D eigenvalue weighted by Crippen LogP contribution is -2.25. The first-order valence-corrected chi connectivity index (χ1v) is 3.95. The van der Waals surface area contributed by atoms with Gasteiger partial charge in [0, 0.05) is 0 Å². The Kier molecular flexibility index (Phi) is 2.68. The number of ether oxygens (including phenoxy) is 1. The van der Waals surface area contributed by atoms with E-state index in [4.69, 9.17) is 5.11 Å². The Balaban J connectivity index is 2.46. The van der Waals surface area contributed by atoms with Gasteiger partial charge in [0.2, 0.25) is 0 Å². The Morgan fingerprint density at radius 1 is 1.58 bits per heavy atom. The number of aliphatic carboxylic acids is 1. The molecule has 0 radical (unpaired) electrons. The van der Waals surface area contributed by atoms with E-state index in [0.717, 1.165) is 12.8 Å². The van der Waals surface area contributed by atoms with Crippen LogP contribution in [-0.4, -0.2) is 24.2 Å². The second kappa shape index (κ2) is 3.56. The molecule has 68 valence electrons. The van der Waals surface area contributed by atoms with E-state index in [0.29, 0.717) is 12.3 Å². The highest BCUT2D eigenvalue weighted by atomic mass is 16.5. The van der Waals surface area contributed by atoms with Gasteiger partial charge in [-0.2, -0.15) is 0 Å². The van der Waals surface area contributed by atoms with Gasteiger partial charge in [0.25, 0.3) is 0 Å². The summed E-state index contributed by atoms with van der Waals surface area (Å²) in [6.07, 6.45) is 2.52. The second-order valence-corrected chi connectivity index (χ2v) is 3.09. The molecular weight excluding hydrogens is 160 g/mol. The summed E-state index contributed by atoms with van der Waals surface area (Å²) in [5, 5.41) is 8.65. The molecule has 1 fully saturated rings. The molecule has 0 aromatic heterocycles. The van der Waals surface area contributed by atoms with Crippen LogP contribution in [0.5, 0.6) is 0 Å². The molecule has 1 rings (SSSR count). The van der Waals surface area contributed by atoms with Gasteiger partial charge in [-0.3, -0.25) is 9.59 Å². The van der Waals surface area contributed by atoms with Crippen molar-refractivity contribution in [2.45, 2.75) is 19.3 Å². The third kappa shape index (κ3) is 2.22. The van der Waals surface area contributed by atoms with Crippen LogP contribution in [0.4, 0.5) is 0 Å². The van der Waals surface area contributed by atoms with Crippen LogP contribution < -0.4 is 0 Å². The van der Waals surface area contributed by atoms with Crippen molar-refractivity contribution in [2.24, 2.45) is 11.8 Å². The van der Waals surface area contributed by atoms with Crippen LogP contribution in [0.15, 0.2) is 0 Å². The molecule has 0 amide bonds. The molecule has 0 heterocycles. The second-order valence-electron chi connectivity index (χ2n) is 3.09. The Bertz CT molecular complexity index is 195. The zero-order valence-corrected chi connectivity index (χ0v) is 6.95. The number of hydrogen-bond donors (Lipinski definition) is 1. The fourth-order valence-electron chi connectivity index (χ4n) is 1.13. The lowest BCUT2D eigenvalue weighted by Gasteiger charge is -2.07. The van der Waals surface area contributed by atoms with E-state index in [9.17, 15) is 9.59 Å². The summed E-state index contributed by atoms with van der Waals surface area (Å²) >= 11 is 0. The first-order valence-electron chi connectivity index (χ1n) is 3.95. The molecule has 4 nitrogen and oxygen atoms in total. The van der Waals surface area contributed by atoms with E-state index in [1.807, 2.05) is 0 Å². The van der Waals surface area contributed by atoms with E-state index in [-0.39, 0.29) is 0 Å². The third-order valence-electron chi connectivity index (χ3n) is 2.05. The molecule has 1 aliphatic rings. The van der Waals surface area contributed by atoms with Gasteiger partial charge in [0.15, 0.2) is 5.92 Å².